The highest BCUT2D eigenvalue weighted by atomic mass is 16.5. The van der Waals surface area contributed by atoms with E-state index in [0.29, 0.717) is 23.4 Å². The van der Waals surface area contributed by atoms with E-state index in [4.69, 9.17) is 9.47 Å². The average molecular weight is 449 g/mol. The third-order valence-corrected chi connectivity index (χ3v) is 4.54. The normalized spacial score (nSPS) is 10.3. The Morgan fingerprint density at radius 3 is 2.39 bits per heavy atom. The summed E-state index contributed by atoms with van der Waals surface area (Å²) < 4.78 is 11.7. The Bertz CT molecular complexity index is 1170. The third-order valence-electron chi connectivity index (χ3n) is 4.54. The van der Waals surface area contributed by atoms with Gasteiger partial charge in [-0.2, -0.15) is 5.10 Å². The number of Topliss-reactive ketones (excluding diaryl/α,β-unsaturated/α-hetero) is 1. The standard InChI is InChI=1S/C24H23N3O6/c1-2-22(29)25-18-10-8-17(9-11-18)21(28)16-33-24(31)20-12-13-23(30)27(26-20)14-15-32-19-6-4-3-5-7-19/h3-13H,2,14-16H2,1H3,(H,25,29). The summed E-state index contributed by atoms with van der Waals surface area (Å²) in [6, 6.07) is 17.8. The molecular formula is C24H23N3O6. The minimum absolute atomic E-state index is 0.0975. The number of para-hydroxylation sites is 1. The van der Waals surface area contributed by atoms with E-state index in [2.05, 4.69) is 10.4 Å². The number of carbonyl (C=O) groups excluding carboxylic acids is 3. The van der Waals surface area contributed by atoms with Crippen molar-refractivity contribution in [3.63, 3.8) is 0 Å². The zero-order valence-corrected chi connectivity index (χ0v) is 18.0. The number of esters is 1. The molecule has 1 N–H and O–H groups in total. The smallest absolute Gasteiger partial charge is 0.359 e. The number of ketones is 1. The van der Waals surface area contributed by atoms with Gasteiger partial charge in [-0.25, -0.2) is 9.48 Å². The second-order valence-corrected chi connectivity index (χ2v) is 6.92. The van der Waals surface area contributed by atoms with E-state index >= 15 is 0 Å². The summed E-state index contributed by atoms with van der Waals surface area (Å²) in [6.45, 7) is 1.57. The summed E-state index contributed by atoms with van der Waals surface area (Å²) in [7, 11) is 0. The molecule has 1 heterocycles. The van der Waals surface area contributed by atoms with Gasteiger partial charge in [0.1, 0.15) is 12.4 Å². The molecule has 0 aliphatic heterocycles. The number of nitrogens with one attached hydrogen (secondary N) is 1. The number of nitrogens with zero attached hydrogens (tertiary/aromatic N) is 2. The van der Waals surface area contributed by atoms with Crippen LogP contribution >= 0.6 is 0 Å². The van der Waals surface area contributed by atoms with Crippen molar-refractivity contribution in [1.29, 1.82) is 0 Å². The maximum atomic E-state index is 12.3. The zero-order valence-electron chi connectivity index (χ0n) is 18.0. The van der Waals surface area contributed by atoms with Crippen LogP contribution in [0.5, 0.6) is 5.75 Å². The molecule has 170 valence electrons. The highest BCUT2D eigenvalue weighted by Crippen LogP contribution is 2.11. The summed E-state index contributed by atoms with van der Waals surface area (Å²) >= 11 is 0. The van der Waals surface area contributed by atoms with Crippen molar-refractivity contribution < 1.29 is 23.9 Å². The molecule has 0 atom stereocenters. The molecule has 9 nitrogen and oxygen atoms in total. The summed E-state index contributed by atoms with van der Waals surface area (Å²) in [4.78, 5) is 48.1. The van der Waals surface area contributed by atoms with Gasteiger partial charge in [-0.05, 0) is 42.5 Å². The summed E-state index contributed by atoms with van der Waals surface area (Å²) in [5.41, 5.74) is 0.403. The molecule has 0 saturated heterocycles. The van der Waals surface area contributed by atoms with Gasteiger partial charge in [0.05, 0.1) is 6.54 Å². The van der Waals surface area contributed by atoms with Crippen LogP contribution in [0.25, 0.3) is 0 Å². The summed E-state index contributed by atoms with van der Waals surface area (Å²) in [6.07, 6.45) is 0.345. The lowest BCUT2D eigenvalue weighted by molar-refractivity contribution is -0.115. The number of anilines is 1. The van der Waals surface area contributed by atoms with Crippen LogP contribution in [-0.2, 0) is 16.1 Å². The SMILES string of the molecule is CCC(=O)Nc1ccc(C(=O)COC(=O)c2ccc(=O)n(CCOc3ccccc3)n2)cc1. The predicted molar refractivity (Wildman–Crippen MR) is 120 cm³/mol. The highest BCUT2D eigenvalue weighted by Gasteiger charge is 2.15. The maximum Gasteiger partial charge on any atom is 0.359 e. The Morgan fingerprint density at radius 1 is 0.970 bits per heavy atom. The number of carbonyl (C=O) groups is 3. The van der Waals surface area contributed by atoms with Crippen molar-refractivity contribution in [2.24, 2.45) is 0 Å². The van der Waals surface area contributed by atoms with Crippen molar-refractivity contribution in [3.8, 4) is 5.75 Å². The van der Waals surface area contributed by atoms with E-state index in [-0.39, 0.29) is 24.8 Å². The Labute approximate surface area is 190 Å². The number of amides is 1. The fourth-order valence-corrected chi connectivity index (χ4v) is 2.76. The molecule has 33 heavy (non-hydrogen) atoms. The molecule has 0 radical (unpaired) electrons. The molecule has 0 saturated carbocycles. The van der Waals surface area contributed by atoms with Crippen LogP contribution in [-0.4, -0.2) is 40.7 Å². The van der Waals surface area contributed by atoms with E-state index in [1.807, 2.05) is 18.2 Å². The Kier molecular flexibility index (Phi) is 8.07. The van der Waals surface area contributed by atoms with E-state index in [9.17, 15) is 19.2 Å². The monoisotopic (exact) mass is 449 g/mol. The zero-order chi connectivity index (χ0) is 23.6. The Balaban J connectivity index is 1.54. The lowest BCUT2D eigenvalue weighted by Crippen LogP contribution is -2.27. The molecule has 1 aromatic heterocycles. The van der Waals surface area contributed by atoms with Gasteiger partial charge in [-0.15, -0.1) is 0 Å². The van der Waals surface area contributed by atoms with Gasteiger partial charge >= 0.3 is 5.97 Å². The van der Waals surface area contributed by atoms with E-state index in [1.165, 1.54) is 24.3 Å². The fraction of sp³-hybridized carbons (Fsp3) is 0.208. The molecule has 9 heteroatoms. The van der Waals surface area contributed by atoms with Crippen LogP contribution in [0.2, 0.25) is 0 Å². The van der Waals surface area contributed by atoms with Crippen molar-refractivity contribution in [2.45, 2.75) is 19.9 Å². The largest absolute Gasteiger partial charge is 0.492 e. The molecule has 3 rings (SSSR count). The Morgan fingerprint density at radius 2 is 1.70 bits per heavy atom. The molecular weight excluding hydrogens is 426 g/mol. The van der Waals surface area contributed by atoms with Crippen molar-refractivity contribution >= 4 is 23.3 Å². The van der Waals surface area contributed by atoms with Gasteiger partial charge in [-0.3, -0.25) is 14.4 Å². The topological polar surface area (TPSA) is 117 Å². The fourth-order valence-electron chi connectivity index (χ4n) is 2.76. The molecule has 0 unspecified atom stereocenters. The Hall–Kier alpha value is -4.27. The van der Waals surface area contributed by atoms with Gasteiger partial charge in [0.2, 0.25) is 5.91 Å². The van der Waals surface area contributed by atoms with Crippen LogP contribution in [0.1, 0.15) is 34.2 Å². The van der Waals surface area contributed by atoms with E-state index in [0.717, 1.165) is 4.68 Å². The van der Waals surface area contributed by atoms with Gasteiger partial charge < -0.3 is 14.8 Å². The average Bonchev–Trinajstić information content (AvgIpc) is 2.84. The van der Waals surface area contributed by atoms with Gasteiger partial charge in [0, 0.05) is 23.7 Å². The first-order chi connectivity index (χ1) is 16.0. The first kappa shape index (κ1) is 23.4. The number of hydrogen-bond acceptors (Lipinski definition) is 7. The first-order valence-corrected chi connectivity index (χ1v) is 10.3. The second kappa shape index (κ2) is 11.4. The molecule has 0 spiro atoms. The number of rotatable bonds is 10. The van der Waals surface area contributed by atoms with Gasteiger partial charge in [0.15, 0.2) is 18.1 Å². The predicted octanol–water partition coefficient (Wildman–Crippen LogP) is 2.71. The first-order valence-electron chi connectivity index (χ1n) is 10.3. The lowest BCUT2D eigenvalue weighted by atomic mass is 10.1. The molecule has 0 bridgehead atoms. The quantitative estimate of drug-likeness (QED) is 0.374. The number of ether oxygens (including phenoxy) is 2. The third kappa shape index (κ3) is 6.86. The molecule has 3 aromatic rings. The van der Waals surface area contributed by atoms with Gasteiger partial charge in [0.25, 0.3) is 5.56 Å². The van der Waals surface area contributed by atoms with Crippen LogP contribution < -0.4 is 15.6 Å². The second-order valence-electron chi connectivity index (χ2n) is 6.92. The van der Waals surface area contributed by atoms with Crippen LogP contribution in [0.4, 0.5) is 5.69 Å². The minimum Gasteiger partial charge on any atom is -0.492 e. The van der Waals surface area contributed by atoms with Crippen LogP contribution in [0, 0.1) is 0 Å². The number of benzene rings is 2. The van der Waals surface area contributed by atoms with Crippen molar-refractivity contribution in [1.82, 2.24) is 9.78 Å². The summed E-state index contributed by atoms with van der Waals surface area (Å²) in [5.74, 6) is -0.724. The molecule has 0 aliphatic carbocycles. The number of hydrogen-bond donors (Lipinski definition) is 1. The summed E-state index contributed by atoms with van der Waals surface area (Å²) in [5, 5.41) is 6.68. The van der Waals surface area contributed by atoms with Crippen molar-refractivity contribution in [2.75, 3.05) is 18.5 Å². The maximum absolute atomic E-state index is 12.3. The van der Waals surface area contributed by atoms with Crippen LogP contribution in [0.3, 0.4) is 0 Å². The van der Waals surface area contributed by atoms with Gasteiger partial charge in [-0.1, -0.05) is 25.1 Å². The van der Waals surface area contributed by atoms with E-state index in [1.54, 1.807) is 31.2 Å². The van der Waals surface area contributed by atoms with Crippen molar-refractivity contribution in [3.05, 3.63) is 88.3 Å². The molecule has 1 amide bonds. The van der Waals surface area contributed by atoms with Crippen LogP contribution in [0.15, 0.2) is 71.5 Å². The lowest BCUT2D eigenvalue weighted by Gasteiger charge is -2.09. The molecule has 2 aromatic carbocycles. The van der Waals surface area contributed by atoms with E-state index < -0.39 is 23.9 Å². The molecule has 0 fully saturated rings. The molecule has 0 aliphatic rings. The number of aromatic nitrogens is 2. The highest BCUT2D eigenvalue weighted by molar-refractivity contribution is 5.99. The minimum atomic E-state index is -0.826.